The van der Waals surface area contributed by atoms with Gasteiger partial charge in [0.05, 0.1) is 0 Å². The van der Waals surface area contributed by atoms with Crippen LogP contribution >= 0.6 is 0 Å². The van der Waals surface area contributed by atoms with E-state index in [1.54, 1.807) is 0 Å². The van der Waals surface area contributed by atoms with Crippen molar-refractivity contribution in [1.82, 2.24) is 9.97 Å². The number of hydrogen-bond donors (Lipinski definition) is 0. The molecule has 0 amide bonds. The summed E-state index contributed by atoms with van der Waals surface area (Å²) in [5.41, 5.74) is 4.75. The molecule has 0 fully saturated rings. The highest BCUT2D eigenvalue weighted by Crippen LogP contribution is 2.22. The molecule has 1 heterocycles. The van der Waals surface area contributed by atoms with Crippen LogP contribution in [0.1, 0.15) is 44.6 Å². The van der Waals surface area contributed by atoms with Crippen LogP contribution in [0.5, 0.6) is 0 Å². The summed E-state index contributed by atoms with van der Waals surface area (Å²) in [4.78, 5) is 9.11. The molecular formula is C23H26N2. The van der Waals surface area contributed by atoms with Gasteiger partial charge in [-0.1, -0.05) is 87.2 Å². The Morgan fingerprint density at radius 3 is 1.92 bits per heavy atom. The minimum Gasteiger partial charge on any atom is -0.236 e. The first-order valence-electron chi connectivity index (χ1n) is 9.33. The summed E-state index contributed by atoms with van der Waals surface area (Å²) in [6.45, 7) is 2.25. The van der Waals surface area contributed by atoms with Crippen molar-refractivity contribution in [3.8, 4) is 22.5 Å². The second kappa shape index (κ2) is 9.12. The first kappa shape index (κ1) is 17.3. The summed E-state index contributed by atoms with van der Waals surface area (Å²) in [6.07, 6.45) is 11.5. The van der Waals surface area contributed by atoms with Gasteiger partial charge in [0.1, 0.15) is 0 Å². The number of rotatable bonds is 8. The van der Waals surface area contributed by atoms with E-state index in [0.29, 0.717) is 0 Å². The van der Waals surface area contributed by atoms with Crippen molar-refractivity contribution in [2.24, 2.45) is 0 Å². The third-order valence-electron chi connectivity index (χ3n) is 4.52. The monoisotopic (exact) mass is 330 g/mol. The van der Waals surface area contributed by atoms with Crippen LogP contribution < -0.4 is 0 Å². The standard InChI is InChI=1S/C23H26N2/c1-2-3-4-5-7-10-19-17-24-23(25-18-19)22-15-13-21(14-16-22)20-11-8-6-9-12-20/h6,8-9,11-18H,2-5,7,10H2,1H3. The number of aromatic nitrogens is 2. The molecule has 128 valence electrons. The molecule has 2 nitrogen and oxygen atoms in total. The molecule has 0 radical (unpaired) electrons. The van der Waals surface area contributed by atoms with Crippen LogP contribution in [-0.4, -0.2) is 9.97 Å². The van der Waals surface area contributed by atoms with Crippen molar-refractivity contribution >= 4 is 0 Å². The highest BCUT2D eigenvalue weighted by atomic mass is 14.9. The first-order chi connectivity index (χ1) is 12.4. The van der Waals surface area contributed by atoms with Crippen LogP contribution in [0.3, 0.4) is 0 Å². The van der Waals surface area contributed by atoms with Crippen LogP contribution in [-0.2, 0) is 6.42 Å². The van der Waals surface area contributed by atoms with Gasteiger partial charge in [-0.05, 0) is 29.5 Å². The molecule has 0 atom stereocenters. The zero-order valence-electron chi connectivity index (χ0n) is 15.0. The molecule has 0 unspecified atom stereocenters. The Morgan fingerprint density at radius 2 is 1.24 bits per heavy atom. The quantitative estimate of drug-likeness (QED) is 0.451. The van der Waals surface area contributed by atoms with E-state index in [2.05, 4.69) is 65.4 Å². The van der Waals surface area contributed by atoms with E-state index in [0.717, 1.165) is 17.8 Å². The van der Waals surface area contributed by atoms with Gasteiger partial charge in [0.2, 0.25) is 0 Å². The predicted octanol–water partition coefficient (Wildman–Crippen LogP) is 6.32. The van der Waals surface area contributed by atoms with Gasteiger partial charge in [0.25, 0.3) is 0 Å². The Kier molecular flexibility index (Phi) is 6.33. The summed E-state index contributed by atoms with van der Waals surface area (Å²) in [7, 11) is 0. The molecule has 2 heteroatoms. The highest BCUT2D eigenvalue weighted by Gasteiger charge is 2.03. The molecule has 0 bridgehead atoms. The second-order valence-electron chi connectivity index (χ2n) is 6.52. The fraction of sp³-hybridized carbons (Fsp3) is 0.304. The molecule has 0 N–H and O–H groups in total. The van der Waals surface area contributed by atoms with E-state index >= 15 is 0 Å². The van der Waals surface area contributed by atoms with Gasteiger partial charge < -0.3 is 0 Å². The minimum absolute atomic E-state index is 0.800. The molecule has 3 aromatic rings. The van der Waals surface area contributed by atoms with E-state index in [-0.39, 0.29) is 0 Å². The smallest absolute Gasteiger partial charge is 0.159 e. The van der Waals surface area contributed by atoms with E-state index < -0.39 is 0 Å². The van der Waals surface area contributed by atoms with Crippen molar-refractivity contribution < 1.29 is 0 Å². The average molecular weight is 330 g/mol. The third-order valence-corrected chi connectivity index (χ3v) is 4.52. The fourth-order valence-corrected chi connectivity index (χ4v) is 3.01. The van der Waals surface area contributed by atoms with E-state index in [4.69, 9.17) is 0 Å². The molecule has 0 saturated carbocycles. The minimum atomic E-state index is 0.800. The van der Waals surface area contributed by atoms with E-state index in [1.807, 2.05) is 18.5 Å². The maximum absolute atomic E-state index is 4.56. The third kappa shape index (κ3) is 4.99. The second-order valence-corrected chi connectivity index (χ2v) is 6.52. The lowest BCUT2D eigenvalue weighted by atomic mass is 10.0. The van der Waals surface area contributed by atoms with Gasteiger partial charge in [0.15, 0.2) is 5.82 Å². The number of unbranched alkanes of at least 4 members (excludes halogenated alkanes) is 4. The van der Waals surface area contributed by atoms with Gasteiger partial charge in [-0.3, -0.25) is 0 Å². The van der Waals surface area contributed by atoms with Gasteiger partial charge in [0, 0.05) is 18.0 Å². The van der Waals surface area contributed by atoms with Gasteiger partial charge in [-0.15, -0.1) is 0 Å². The first-order valence-corrected chi connectivity index (χ1v) is 9.33. The zero-order valence-corrected chi connectivity index (χ0v) is 15.0. The summed E-state index contributed by atoms with van der Waals surface area (Å²) < 4.78 is 0. The van der Waals surface area contributed by atoms with Crippen LogP contribution in [0.15, 0.2) is 67.0 Å². The van der Waals surface area contributed by atoms with Gasteiger partial charge >= 0.3 is 0 Å². The van der Waals surface area contributed by atoms with Crippen LogP contribution in [0, 0.1) is 0 Å². The van der Waals surface area contributed by atoms with Crippen molar-refractivity contribution in [3.05, 3.63) is 72.6 Å². The lowest BCUT2D eigenvalue weighted by Gasteiger charge is -2.05. The Balaban J connectivity index is 1.60. The highest BCUT2D eigenvalue weighted by molar-refractivity contribution is 5.67. The van der Waals surface area contributed by atoms with Gasteiger partial charge in [-0.2, -0.15) is 0 Å². The summed E-state index contributed by atoms with van der Waals surface area (Å²) in [5.74, 6) is 0.800. The summed E-state index contributed by atoms with van der Waals surface area (Å²) >= 11 is 0. The topological polar surface area (TPSA) is 25.8 Å². The van der Waals surface area contributed by atoms with Crippen LogP contribution in [0.4, 0.5) is 0 Å². The molecule has 1 aromatic heterocycles. The number of nitrogens with zero attached hydrogens (tertiary/aromatic N) is 2. The van der Waals surface area contributed by atoms with E-state index in [9.17, 15) is 0 Å². The molecule has 0 aliphatic rings. The Labute approximate surface area is 151 Å². The maximum atomic E-state index is 4.56. The number of benzene rings is 2. The molecule has 2 aromatic carbocycles. The summed E-state index contributed by atoms with van der Waals surface area (Å²) in [6, 6.07) is 18.9. The van der Waals surface area contributed by atoms with Crippen molar-refractivity contribution in [2.75, 3.05) is 0 Å². The Hall–Kier alpha value is -2.48. The molecule has 0 aliphatic heterocycles. The number of hydrogen-bond acceptors (Lipinski definition) is 2. The van der Waals surface area contributed by atoms with Crippen molar-refractivity contribution in [3.63, 3.8) is 0 Å². The Bertz CT molecular complexity index is 746. The van der Waals surface area contributed by atoms with Crippen LogP contribution in [0.2, 0.25) is 0 Å². The molecule has 0 spiro atoms. The lowest BCUT2D eigenvalue weighted by molar-refractivity contribution is 0.631. The van der Waals surface area contributed by atoms with Crippen molar-refractivity contribution in [2.45, 2.75) is 45.4 Å². The number of aryl methyl sites for hydroxylation is 1. The zero-order chi connectivity index (χ0) is 17.3. The molecule has 3 rings (SSSR count). The largest absolute Gasteiger partial charge is 0.236 e. The fourth-order valence-electron chi connectivity index (χ4n) is 3.01. The maximum Gasteiger partial charge on any atom is 0.159 e. The van der Waals surface area contributed by atoms with Gasteiger partial charge in [-0.25, -0.2) is 9.97 Å². The molecule has 0 saturated heterocycles. The molecule has 0 aliphatic carbocycles. The Morgan fingerprint density at radius 1 is 0.640 bits per heavy atom. The average Bonchev–Trinajstić information content (AvgIpc) is 2.69. The normalized spacial score (nSPS) is 10.8. The lowest BCUT2D eigenvalue weighted by Crippen LogP contribution is -1.93. The SMILES string of the molecule is CCCCCCCc1cnc(-c2ccc(-c3ccccc3)cc2)nc1. The molecular weight excluding hydrogens is 304 g/mol. The van der Waals surface area contributed by atoms with Crippen molar-refractivity contribution in [1.29, 1.82) is 0 Å². The predicted molar refractivity (Wildman–Crippen MR) is 105 cm³/mol. The van der Waals surface area contributed by atoms with E-state index in [1.165, 1.54) is 48.8 Å². The summed E-state index contributed by atoms with van der Waals surface area (Å²) in [5, 5.41) is 0. The molecule has 25 heavy (non-hydrogen) atoms. The van der Waals surface area contributed by atoms with Crippen LogP contribution in [0.25, 0.3) is 22.5 Å².